The predicted octanol–water partition coefficient (Wildman–Crippen LogP) is 3.80. The van der Waals surface area contributed by atoms with Crippen LogP contribution >= 0.6 is 23.4 Å². The molecule has 2 unspecified atom stereocenters. The lowest BCUT2D eigenvalue weighted by Gasteiger charge is -2.34. The van der Waals surface area contributed by atoms with Gasteiger partial charge in [-0.2, -0.15) is 0 Å². The number of halogens is 1. The van der Waals surface area contributed by atoms with Gasteiger partial charge in [-0.15, -0.1) is 11.8 Å². The van der Waals surface area contributed by atoms with Crippen LogP contribution in [0.25, 0.3) is 0 Å². The summed E-state index contributed by atoms with van der Waals surface area (Å²) in [6.07, 6.45) is 2.98. The molecule has 2 rings (SSSR count). The molecule has 0 radical (unpaired) electrons. The SMILES string of the molecule is CCC(C)C(N)C(=O)N1CCC(Sc2ccc(Cl)cc2)CC1. The van der Waals surface area contributed by atoms with Crippen molar-refractivity contribution in [2.45, 2.75) is 49.3 Å². The minimum atomic E-state index is -0.356. The third-order valence-electron chi connectivity index (χ3n) is 4.41. The average Bonchev–Trinajstić information content (AvgIpc) is 2.55. The van der Waals surface area contributed by atoms with Crippen molar-refractivity contribution >= 4 is 29.3 Å². The van der Waals surface area contributed by atoms with Crippen LogP contribution in [0.1, 0.15) is 33.1 Å². The van der Waals surface area contributed by atoms with Gasteiger partial charge in [-0.05, 0) is 43.0 Å². The number of likely N-dealkylation sites (tertiary alicyclic amines) is 1. The number of carbonyl (C=O) groups excluding carboxylic acids is 1. The molecule has 1 saturated heterocycles. The Labute approximate surface area is 142 Å². The van der Waals surface area contributed by atoms with Crippen LogP contribution in [0.4, 0.5) is 0 Å². The molecule has 1 amide bonds. The Bertz CT molecular complexity index is 486. The first-order chi connectivity index (χ1) is 10.5. The van der Waals surface area contributed by atoms with Crippen LogP contribution in [0.3, 0.4) is 0 Å². The number of nitrogens with two attached hydrogens (primary N) is 1. The second kappa shape index (κ2) is 8.23. The number of amides is 1. The van der Waals surface area contributed by atoms with Crippen LogP contribution in [0.5, 0.6) is 0 Å². The molecule has 0 bridgehead atoms. The van der Waals surface area contributed by atoms with E-state index >= 15 is 0 Å². The van der Waals surface area contributed by atoms with E-state index in [0.717, 1.165) is 37.4 Å². The van der Waals surface area contributed by atoms with Gasteiger partial charge >= 0.3 is 0 Å². The fourth-order valence-corrected chi connectivity index (χ4v) is 3.86. The molecule has 2 N–H and O–H groups in total. The summed E-state index contributed by atoms with van der Waals surface area (Å²) >= 11 is 7.79. The second-order valence-corrected chi connectivity index (χ2v) is 7.82. The Morgan fingerprint density at radius 3 is 2.50 bits per heavy atom. The monoisotopic (exact) mass is 340 g/mol. The summed E-state index contributed by atoms with van der Waals surface area (Å²) in [5.74, 6) is 0.359. The van der Waals surface area contributed by atoms with Crippen LogP contribution in [0.15, 0.2) is 29.2 Å². The normalized spacial score (nSPS) is 19.0. The zero-order chi connectivity index (χ0) is 16.1. The zero-order valence-electron chi connectivity index (χ0n) is 13.3. The highest BCUT2D eigenvalue weighted by Gasteiger charge is 2.28. The highest BCUT2D eigenvalue weighted by Crippen LogP contribution is 2.31. The van der Waals surface area contributed by atoms with Gasteiger partial charge in [0, 0.05) is 28.3 Å². The van der Waals surface area contributed by atoms with Gasteiger partial charge in [0.15, 0.2) is 0 Å². The first-order valence-corrected chi connectivity index (χ1v) is 9.23. The first kappa shape index (κ1) is 17.6. The number of benzene rings is 1. The molecule has 1 aliphatic heterocycles. The van der Waals surface area contributed by atoms with Gasteiger partial charge in [0.25, 0.3) is 0 Å². The number of carbonyl (C=O) groups is 1. The summed E-state index contributed by atoms with van der Waals surface area (Å²) in [5.41, 5.74) is 6.07. The van der Waals surface area contributed by atoms with Crippen LogP contribution in [-0.4, -0.2) is 35.2 Å². The molecule has 3 nitrogen and oxygen atoms in total. The van der Waals surface area contributed by atoms with Gasteiger partial charge in [-0.25, -0.2) is 0 Å². The van der Waals surface area contributed by atoms with Crippen LogP contribution < -0.4 is 5.73 Å². The van der Waals surface area contributed by atoms with Crippen molar-refractivity contribution in [2.24, 2.45) is 11.7 Å². The van der Waals surface area contributed by atoms with E-state index in [0.29, 0.717) is 5.25 Å². The molecule has 5 heteroatoms. The van der Waals surface area contributed by atoms with Crippen molar-refractivity contribution in [3.63, 3.8) is 0 Å². The summed E-state index contributed by atoms with van der Waals surface area (Å²) in [5, 5.41) is 1.33. The number of thioether (sulfide) groups is 1. The average molecular weight is 341 g/mol. The van der Waals surface area contributed by atoms with E-state index in [-0.39, 0.29) is 17.9 Å². The highest BCUT2D eigenvalue weighted by molar-refractivity contribution is 8.00. The predicted molar refractivity (Wildman–Crippen MR) is 94.3 cm³/mol. The molecule has 1 heterocycles. The van der Waals surface area contributed by atoms with Crippen molar-refractivity contribution in [2.75, 3.05) is 13.1 Å². The van der Waals surface area contributed by atoms with Gasteiger partial charge in [0.05, 0.1) is 6.04 Å². The zero-order valence-corrected chi connectivity index (χ0v) is 14.9. The molecule has 122 valence electrons. The lowest BCUT2D eigenvalue weighted by molar-refractivity contribution is -0.134. The number of hydrogen-bond donors (Lipinski definition) is 1. The molecule has 0 aliphatic carbocycles. The number of rotatable bonds is 5. The maximum absolute atomic E-state index is 12.4. The standard InChI is InChI=1S/C17H25ClN2OS/c1-3-12(2)16(19)17(21)20-10-8-15(9-11-20)22-14-6-4-13(18)5-7-14/h4-7,12,15-16H,3,8-11,19H2,1-2H3. The van der Waals surface area contributed by atoms with Crippen LogP contribution in [0.2, 0.25) is 5.02 Å². The Balaban J connectivity index is 1.82. The third kappa shape index (κ3) is 4.64. The van der Waals surface area contributed by atoms with E-state index in [4.69, 9.17) is 17.3 Å². The lowest BCUT2D eigenvalue weighted by atomic mass is 9.98. The number of hydrogen-bond acceptors (Lipinski definition) is 3. The molecular weight excluding hydrogens is 316 g/mol. The Morgan fingerprint density at radius 1 is 1.36 bits per heavy atom. The lowest BCUT2D eigenvalue weighted by Crippen LogP contribution is -2.50. The van der Waals surface area contributed by atoms with Crippen molar-refractivity contribution in [3.8, 4) is 0 Å². The molecule has 1 fully saturated rings. The van der Waals surface area contributed by atoms with Gasteiger partial charge < -0.3 is 10.6 Å². The maximum atomic E-state index is 12.4. The molecule has 22 heavy (non-hydrogen) atoms. The summed E-state index contributed by atoms with van der Waals surface area (Å²) < 4.78 is 0. The Morgan fingerprint density at radius 2 is 1.95 bits per heavy atom. The summed E-state index contributed by atoms with van der Waals surface area (Å²) in [7, 11) is 0. The van der Waals surface area contributed by atoms with E-state index < -0.39 is 0 Å². The van der Waals surface area contributed by atoms with Gasteiger partial charge in [0.2, 0.25) is 5.91 Å². The van der Waals surface area contributed by atoms with Gasteiger partial charge in [0.1, 0.15) is 0 Å². The molecule has 1 aliphatic rings. The first-order valence-electron chi connectivity index (χ1n) is 7.97. The van der Waals surface area contributed by atoms with E-state index in [9.17, 15) is 4.79 Å². The molecule has 0 saturated carbocycles. The maximum Gasteiger partial charge on any atom is 0.239 e. The Hall–Kier alpha value is -0.710. The fraction of sp³-hybridized carbons (Fsp3) is 0.588. The molecule has 0 aromatic heterocycles. The van der Waals surface area contributed by atoms with E-state index in [1.54, 1.807) is 0 Å². The van der Waals surface area contributed by atoms with Crippen LogP contribution in [-0.2, 0) is 4.79 Å². The van der Waals surface area contributed by atoms with Gasteiger partial charge in [-0.1, -0.05) is 31.9 Å². The van der Waals surface area contributed by atoms with E-state index in [1.807, 2.05) is 35.7 Å². The minimum absolute atomic E-state index is 0.115. The van der Waals surface area contributed by atoms with E-state index in [2.05, 4.69) is 19.1 Å². The van der Waals surface area contributed by atoms with Crippen LogP contribution in [0, 0.1) is 5.92 Å². The molecule has 0 spiro atoms. The quantitative estimate of drug-likeness (QED) is 0.886. The number of piperidine rings is 1. The minimum Gasteiger partial charge on any atom is -0.341 e. The third-order valence-corrected chi connectivity index (χ3v) is 6.01. The molecule has 1 aromatic carbocycles. The summed E-state index contributed by atoms with van der Waals surface area (Å²) in [6.45, 7) is 5.75. The topological polar surface area (TPSA) is 46.3 Å². The van der Waals surface area contributed by atoms with Gasteiger partial charge in [-0.3, -0.25) is 4.79 Å². The summed E-state index contributed by atoms with van der Waals surface area (Å²) in [6, 6.07) is 7.61. The fourth-order valence-electron chi connectivity index (χ4n) is 2.61. The largest absolute Gasteiger partial charge is 0.341 e. The number of nitrogens with zero attached hydrogens (tertiary/aromatic N) is 1. The molecular formula is C17H25ClN2OS. The summed E-state index contributed by atoms with van der Waals surface area (Å²) in [4.78, 5) is 15.6. The van der Waals surface area contributed by atoms with Crippen molar-refractivity contribution in [3.05, 3.63) is 29.3 Å². The van der Waals surface area contributed by atoms with Crippen molar-refractivity contribution in [1.29, 1.82) is 0 Å². The van der Waals surface area contributed by atoms with E-state index in [1.165, 1.54) is 4.90 Å². The smallest absolute Gasteiger partial charge is 0.239 e. The highest BCUT2D eigenvalue weighted by atomic mass is 35.5. The van der Waals surface area contributed by atoms with Crippen molar-refractivity contribution in [1.82, 2.24) is 4.90 Å². The molecule has 1 aromatic rings. The second-order valence-electron chi connectivity index (χ2n) is 6.01. The Kier molecular flexibility index (Phi) is 6.60. The van der Waals surface area contributed by atoms with Crippen molar-refractivity contribution < 1.29 is 4.79 Å². The molecule has 2 atom stereocenters.